The Morgan fingerprint density at radius 2 is 2.00 bits per heavy atom. The number of guanidine groups is 1. The van der Waals surface area contributed by atoms with Crippen molar-refractivity contribution in [1.82, 2.24) is 25.1 Å². The first-order chi connectivity index (χ1) is 13.2. The maximum Gasteiger partial charge on any atom is 0.251 e. The van der Waals surface area contributed by atoms with Crippen molar-refractivity contribution in [1.29, 1.82) is 0 Å². The smallest absolute Gasteiger partial charge is 0.251 e. The van der Waals surface area contributed by atoms with Gasteiger partial charge in [0, 0.05) is 51.2 Å². The molecule has 28 heavy (non-hydrogen) atoms. The second-order valence-corrected chi connectivity index (χ2v) is 6.89. The van der Waals surface area contributed by atoms with Crippen molar-refractivity contribution in [3.63, 3.8) is 0 Å². The van der Waals surface area contributed by atoms with Gasteiger partial charge < -0.3 is 20.1 Å². The molecule has 2 heterocycles. The number of carbonyl (C=O) groups excluding carboxylic acids is 1. The highest BCUT2D eigenvalue weighted by Gasteiger charge is 2.28. The van der Waals surface area contributed by atoms with Gasteiger partial charge in [-0.05, 0) is 24.5 Å². The molecule has 2 N–H and O–H groups in total. The Morgan fingerprint density at radius 1 is 1.25 bits per heavy atom. The molecule has 2 aromatic rings. The van der Waals surface area contributed by atoms with Crippen molar-refractivity contribution < 1.29 is 4.79 Å². The van der Waals surface area contributed by atoms with Crippen LogP contribution in [-0.4, -0.2) is 59.5 Å². The van der Waals surface area contributed by atoms with Crippen LogP contribution in [0.2, 0.25) is 0 Å². The van der Waals surface area contributed by atoms with Gasteiger partial charge in [0.15, 0.2) is 5.96 Å². The number of rotatable bonds is 5. The number of halogens is 1. The zero-order valence-electron chi connectivity index (χ0n) is 16.4. The summed E-state index contributed by atoms with van der Waals surface area (Å²) < 4.78 is 2.18. The van der Waals surface area contributed by atoms with E-state index < -0.39 is 0 Å². The Hall–Kier alpha value is -2.10. The SMILES string of the molecule is CN=C(NCCNC(=O)c1ccccc1)N1CCC(C)C(n2ccnc2)C1.I. The van der Waals surface area contributed by atoms with Gasteiger partial charge in [0.05, 0.1) is 12.4 Å². The summed E-state index contributed by atoms with van der Waals surface area (Å²) in [7, 11) is 1.80. The van der Waals surface area contributed by atoms with E-state index in [1.165, 1.54) is 0 Å². The molecular formula is C20H29IN6O. The summed E-state index contributed by atoms with van der Waals surface area (Å²) in [5, 5.41) is 6.30. The van der Waals surface area contributed by atoms with Gasteiger partial charge in [-0.25, -0.2) is 4.98 Å². The van der Waals surface area contributed by atoms with Crippen molar-refractivity contribution in [3.8, 4) is 0 Å². The van der Waals surface area contributed by atoms with Gasteiger partial charge in [-0.3, -0.25) is 9.79 Å². The minimum Gasteiger partial charge on any atom is -0.354 e. The molecule has 1 saturated heterocycles. The highest BCUT2D eigenvalue weighted by atomic mass is 127. The topological polar surface area (TPSA) is 74.6 Å². The van der Waals surface area contributed by atoms with E-state index in [4.69, 9.17) is 0 Å². The monoisotopic (exact) mass is 496 g/mol. The number of carbonyl (C=O) groups is 1. The van der Waals surface area contributed by atoms with Crippen LogP contribution in [0.15, 0.2) is 54.0 Å². The lowest BCUT2D eigenvalue weighted by Gasteiger charge is -2.39. The molecule has 1 aromatic heterocycles. The first kappa shape index (κ1) is 22.2. The minimum atomic E-state index is -0.0562. The molecule has 1 fully saturated rings. The quantitative estimate of drug-likeness (QED) is 0.289. The number of piperidine rings is 1. The Balaban J connectivity index is 0.00000280. The van der Waals surface area contributed by atoms with Gasteiger partial charge in [-0.15, -0.1) is 24.0 Å². The summed E-state index contributed by atoms with van der Waals surface area (Å²) in [4.78, 5) is 23.0. The van der Waals surface area contributed by atoms with E-state index in [-0.39, 0.29) is 29.9 Å². The van der Waals surface area contributed by atoms with Crippen molar-refractivity contribution >= 4 is 35.8 Å². The van der Waals surface area contributed by atoms with E-state index >= 15 is 0 Å². The molecule has 1 amide bonds. The largest absolute Gasteiger partial charge is 0.354 e. The van der Waals surface area contributed by atoms with Gasteiger partial charge in [0.25, 0.3) is 5.91 Å². The lowest BCUT2D eigenvalue weighted by molar-refractivity contribution is 0.0954. The fourth-order valence-corrected chi connectivity index (χ4v) is 3.47. The predicted molar refractivity (Wildman–Crippen MR) is 122 cm³/mol. The number of nitrogens with zero attached hydrogens (tertiary/aromatic N) is 4. The second-order valence-electron chi connectivity index (χ2n) is 6.89. The number of aliphatic imine (C=N–C) groups is 1. The molecule has 0 spiro atoms. The van der Waals surface area contributed by atoms with Crippen molar-refractivity contribution in [3.05, 3.63) is 54.6 Å². The van der Waals surface area contributed by atoms with E-state index in [9.17, 15) is 4.79 Å². The molecule has 0 aliphatic carbocycles. The molecule has 152 valence electrons. The number of benzene rings is 1. The molecule has 7 nitrogen and oxygen atoms in total. The van der Waals surface area contributed by atoms with E-state index in [1.54, 1.807) is 7.05 Å². The Labute approximate surface area is 183 Å². The molecule has 3 rings (SSSR count). The van der Waals surface area contributed by atoms with Crippen LogP contribution >= 0.6 is 24.0 Å². The maximum absolute atomic E-state index is 12.1. The molecular weight excluding hydrogens is 467 g/mol. The zero-order chi connectivity index (χ0) is 19.1. The first-order valence-electron chi connectivity index (χ1n) is 9.45. The fourth-order valence-electron chi connectivity index (χ4n) is 3.47. The van der Waals surface area contributed by atoms with E-state index in [2.05, 4.69) is 37.0 Å². The van der Waals surface area contributed by atoms with E-state index in [0.29, 0.717) is 30.6 Å². The zero-order valence-corrected chi connectivity index (χ0v) is 18.7. The van der Waals surface area contributed by atoms with E-state index in [0.717, 1.165) is 25.5 Å². The molecule has 0 radical (unpaired) electrons. The Kier molecular flexibility index (Phi) is 8.75. The standard InChI is InChI=1S/C20H28N6O.HI/c1-16-8-12-25(14-18(16)26-13-11-22-15-26)20(21-2)24-10-9-23-19(27)17-6-4-3-5-7-17;/h3-7,11,13,15-16,18H,8-10,12,14H2,1-2H3,(H,21,24)(H,23,27);1H. The lowest BCUT2D eigenvalue weighted by atomic mass is 9.93. The number of hydrogen-bond donors (Lipinski definition) is 2. The summed E-state index contributed by atoms with van der Waals surface area (Å²) >= 11 is 0. The van der Waals surface area contributed by atoms with Crippen LogP contribution in [-0.2, 0) is 0 Å². The number of imidazole rings is 1. The van der Waals surface area contributed by atoms with E-state index in [1.807, 2.05) is 49.1 Å². The summed E-state index contributed by atoms with van der Waals surface area (Å²) in [6.45, 7) is 5.34. The third-order valence-corrected chi connectivity index (χ3v) is 5.07. The van der Waals surface area contributed by atoms with Crippen LogP contribution in [0.25, 0.3) is 0 Å². The maximum atomic E-state index is 12.1. The predicted octanol–water partition coefficient (Wildman–Crippen LogP) is 2.39. The highest BCUT2D eigenvalue weighted by Crippen LogP contribution is 2.27. The Morgan fingerprint density at radius 3 is 2.68 bits per heavy atom. The molecule has 1 aliphatic rings. The van der Waals surface area contributed by atoms with Gasteiger partial charge >= 0.3 is 0 Å². The van der Waals surface area contributed by atoms with Crippen LogP contribution in [0.3, 0.4) is 0 Å². The number of amides is 1. The summed E-state index contributed by atoms with van der Waals surface area (Å²) in [6, 6.07) is 9.64. The van der Waals surface area contributed by atoms with Crippen LogP contribution in [0.5, 0.6) is 0 Å². The van der Waals surface area contributed by atoms with Crippen LogP contribution in [0.1, 0.15) is 29.7 Å². The molecule has 0 saturated carbocycles. The average molecular weight is 496 g/mol. The van der Waals surface area contributed by atoms with Gasteiger partial charge in [0.1, 0.15) is 0 Å². The van der Waals surface area contributed by atoms with Crippen LogP contribution < -0.4 is 10.6 Å². The van der Waals surface area contributed by atoms with Crippen molar-refractivity contribution in [2.75, 3.05) is 33.2 Å². The van der Waals surface area contributed by atoms with Gasteiger partial charge in [-0.2, -0.15) is 0 Å². The number of nitrogens with one attached hydrogen (secondary N) is 2. The molecule has 2 unspecified atom stereocenters. The van der Waals surface area contributed by atoms with Crippen molar-refractivity contribution in [2.45, 2.75) is 19.4 Å². The molecule has 1 aliphatic heterocycles. The normalized spacial score (nSPS) is 19.6. The highest BCUT2D eigenvalue weighted by molar-refractivity contribution is 14.0. The van der Waals surface area contributed by atoms with Crippen LogP contribution in [0.4, 0.5) is 0 Å². The third-order valence-electron chi connectivity index (χ3n) is 5.07. The summed E-state index contributed by atoms with van der Waals surface area (Å²) in [6.07, 6.45) is 6.85. The van der Waals surface area contributed by atoms with Gasteiger partial charge in [-0.1, -0.05) is 25.1 Å². The Bertz CT molecular complexity index is 749. The number of likely N-dealkylation sites (tertiary alicyclic amines) is 1. The molecule has 1 aromatic carbocycles. The summed E-state index contributed by atoms with van der Waals surface area (Å²) in [5.74, 6) is 1.42. The molecule has 0 bridgehead atoms. The summed E-state index contributed by atoms with van der Waals surface area (Å²) in [5.41, 5.74) is 0.676. The third kappa shape index (κ3) is 5.70. The number of aromatic nitrogens is 2. The number of hydrogen-bond acceptors (Lipinski definition) is 3. The first-order valence-corrected chi connectivity index (χ1v) is 9.45. The fraction of sp³-hybridized carbons (Fsp3) is 0.450. The lowest BCUT2D eigenvalue weighted by Crippen LogP contribution is -2.50. The van der Waals surface area contributed by atoms with Crippen molar-refractivity contribution in [2.24, 2.45) is 10.9 Å². The molecule has 8 heteroatoms. The minimum absolute atomic E-state index is 0. The second kappa shape index (κ2) is 11.0. The average Bonchev–Trinajstić information content (AvgIpc) is 3.24. The van der Waals surface area contributed by atoms with Crippen LogP contribution in [0, 0.1) is 5.92 Å². The molecule has 2 atom stereocenters. The van der Waals surface area contributed by atoms with Gasteiger partial charge in [0.2, 0.25) is 0 Å².